The van der Waals surface area contributed by atoms with E-state index in [4.69, 9.17) is 19.3 Å². The fraction of sp³-hybridized carbons (Fsp3) is 0.889. The van der Waals surface area contributed by atoms with E-state index in [1.54, 1.807) is 0 Å². The molecule has 0 aromatic carbocycles. The van der Waals surface area contributed by atoms with Gasteiger partial charge in [0.15, 0.2) is 0 Å². The molecule has 8 heteroatoms. The molecule has 0 aliphatic heterocycles. The smallest absolute Gasteiger partial charge is 0.329 e. The summed E-state index contributed by atoms with van der Waals surface area (Å²) >= 11 is 0. The second kappa shape index (κ2) is 20.1. The van der Waals surface area contributed by atoms with Crippen molar-refractivity contribution in [1.82, 2.24) is 5.32 Å². The van der Waals surface area contributed by atoms with E-state index in [1.165, 1.54) is 32.1 Å². The summed E-state index contributed by atoms with van der Waals surface area (Å²) in [5, 5.41) is 10.9. The summed E-state index contributed by atoms with van der Waals surface area (Å²) in [6, 6.07) is 0. The molecule has 0 bridgehead atoms. The maximum Gasteiger partial charge on any atom is 0.329 e. The van der Waals surface area contributed by atoms with Gasteiger partial charge in [0.25, 0.3) is 0 Å². The third-order valence-corrected chi connectivity index (χ3v) is 3.41. The molecular weight excluding hydrogens is 342 g/mol. The zero-order valence-corrected chi connectivity index (χ0v) is 16.0. The Morgan fingerprint density at radius 1 is 0.731 bits per heavy atom. The predicted octanol–water partition coefficient (Wildman–Crippen LogP) is 1.61. The molecule has 0 spiro atoms. The van der Waals surface area contributed by atoms with Gasteiger partial charge in [-0.1, -0.05) is 39.0 Å². The second-order valence-corrected chi connectivity index (χ2v) is 5.84. The topological polar surface area (TPSA) is 103 Å². The van der Waals surface area contributed by atoms with Gasteiger partial charge < -0.3 is 29.4 Å². The quantitative estimate of drug-likeness (QED) is 0.311. The average Bonchev–Trinajstić information content (AvgIpc) is 2.61. The van der Waals surface area contributed by atoms with Gasteiger partial charge in [-0.05, 0) is 6.42 Å². The molecular formula is C18H35NO7. The average molecular weight is 377 g/mol. The molecule has 154 valence electrons. The van der Waals surface area contributed by atoms with Gasteiger partial charge in [0, 0.05) is 13.2 Å². The van der Waals surface area contributed by atoms with Crippen LogP contribution < -0.4 is 5.32 Å². The van der Waals surface area contributed by atoms with E-state index in [9.17, 15) is 9.59 Å². The summed E-state index contributed by atoms with van der Waals surface area (Å²) in [6.45, 7) is 5.05. The molecule has 0 fully saturated rings. The zero-order chi connectivity index (χ0) is 19.3. The first kappa shape index (κ1) is 24.8. The van der Waals surface area contributed by atoms with Crippen LogP contribution in [0.25, 0.3) is 0 Å². The molecule has 0 unspecified atom stereocenters. The fourth-order valence-electron chi connectivity index (χ4n) is 2.07. The van der Waals surface area contributed by atoms with Crippen molar-refractivity contribution in [3.05, 3.63) is 0 Å². The molecule has 0 atom stereocenters. The summed E-state index contributed by atoms with van der Waals surface area (Å²) < 4.78 is 20.8. The minimum atomic E-state index is -1.10. The Bertz CT molecular complexity index is 340. The van der Waals surface area contributed by atoms with Crippen LogP contribution in [-0.4, -0.2) is 76.4 Å². The molecule has 0 saturated carbocycles. The molecule has 0 aliphatic carbocycles. The van der Waals surface area contributed by atoms with E-state index >= 15 is 0 Å². The van der Waals surface area contributed by atoms with Crippen LogP contribution in [0.5, 0.6) is 0 Å². The van der Waals surface area contributed by atoms with E-state index in [-0.39, 0.29) is 12.5 Å². The Morgan fingerprint density at radius 2 is 1.31 bits per heavy atom. The van der Waals surface area contributed by atoms with Gasteiger partial charge in [0.1, 0.15) is 13.2 Å². The van der Waals surface area contributed by atoms with Crippen molar-refractivity contribution in [1.29, 1.82) is 0 Å². The van der Waals surface area contributed by atoms with Crippen LogP contribution in [0.1, 0.15) is 45.4 Å². The maximum atomic E-state index is 11.2. The fourth-order valence-corrected chi connectivity index (χ4v) is 2.07. The van der Waals surface area contributed by atoms with Gasteiger partial charge in [0.2, 0.25) is 5.91 Å². The van der Waals surface area contributed by atoms with Crippen LogP contribution in [0.3, 0.4) is 0 Å². The van der Waals surface area contributed by atoms with Crippen LogP contribution in [-0.2, 0) is 28.5 Å². The Labute approximate surface area is 156 Å². The monoisotopic (exact) mass is 377 g/mol. The number of nitrogens with one attached hydrogen (secondary N) is 1. The minimum Gasteiger partial charge on any atom is -0.480 e. The lowest BCUT2D eigenvalue weighted by atomic mass is 10.1. The highest BCUT2D eigenvalue weighted by molar-refractivity contribution is 5.77. The molecule has 0 radical (unpaired) electrons. The van der Waals surface area contributed by atoms with Crippen LogP contribution in [0.2, 0.25) is 0 Å². The number of ether oxygens (including phenoxy) is 4. The van der Waals surface area contributed by atoms with Crippen LogP contribution in [0.4, 0.5) is 0 Å². The summed E-state index contributed by atoms with van der Waals surface area (Å²) in [7, 11) is 0. The van der Waals surface area contributed by atoms with Crippen molar-refractivity contribution >= 4 is 11.9 Å². The highest BCUT2D eigenvalue weighted by Crippen LogP contribution is 2.04. The Morgan fingerprint density at radius 3 is 1.96 bits per heavy atom. The lowest BCUT2D eigenvalue weighted by molar-refractivity contribution is -0.143. The number of aliphatic carboxylic acids is 1. The van der Waals surface area contributed by atoms with E-state index in [0.717, 1.165) is 13.0 Å². The summed E-state index contributed by atoms with van der Waals surface area (Å²) in [5.41, 5.74) is 0. The van der Waals surface area contributed by atoms with Gasteiger partial charge in [-0.2, -0.15) is 0 Å². The Kier molecular flexibility index (Phi) is 19.2. The lowest BCUT2D eigenvalue weighted by Gasteiger charge is -2.08. The van der Waals surface area contributed by atoms with E-state index in [1.807, 2.05) is 0 Å². The van der Waals surface area contributed by atoms with Crippen molar-refractivity contribution in [2.24, 2.45) is 0 Å². The highest BCUT2D eigenvalue weighted by Gasteiger charge is 2.02. The van der Waals surface area contributed by atoms with Crippen LogP contribution in [0.15, 0.2) is 0 Å². The molecule has 0 aromatic heterocycles. The summed E-state index contributed by atoms with van der Waals surface area (Å²) in [5.74, 6) is -1.47. The molecule has 0 heterocycles. The molecule has 8 nitrogen and oxygen atoms in total. The van der Waals surface area contributed by atoms with Crippen molar-refractivity contribution in [2.45, 2.75) is 45.4 Å². The van der Waals surface area contributed by atoms with E-state index < -0.39 is 12.6 Å². The van der Waals surface area contributed by atoms with Crippen molar-refractivity contribution in [3.8, 4) is 0 Å². The molecule has 1 amide bonds. The molecule has 0 aromatic rings. The third kappa shape index (κ3) is 20.8. The number of amides is 1. The molecule has 26 heavy (non-hydrogen) atoms. The first-order valence-electron chi connectivity index (χ1n) is 9.46. The predicted molar refractivity (Wildman–Crippen MR) is 97.3 cm³/mol. The van der Waals surface area contributed by atoms with Gasteiger partial charge in [-0.25, -0.2) is 4.79 Å². The second-order valence-electron chi connectivity index (χ2n) is 5.84. The Balaban J connectivity index is 3.11. The first-order valence-corrected chi connectivity index (χ1v) is 9.46. The molecule has 2 N–H and O–H groups in total. The highest BCUT2D eigenvalue weighted by atomic mass is 16.5. The first-order chi connectivity index (χ1) is 12.7. The molecule has 0 rings (SSSR count). The molecule has 0 saturated heterocycles. The van der Waals surface area contributed by atoms with Crippen molar-refractivity contribution in [2.75, 3.05) is 59.4 Å². The van der Waals surface area contributed by atoms with Crippen molar-refractivity contribution in [3.63, 3.8) is 0 Å². The number of rotatable bonds is 20. The number of unbranched alkanes of at least 4 members (excludes halogenated alkanes) is 5. The molecule has 0 aliphatic rings. The summed E-state index contributed by atoms with van der Waals surface area (Å²) in [4.78, 5) is 21.5. The van der Waals surface area contributed by atoms with Crippen molar-refractivity contribution < 1.29 is 33.6 Å². The van der Waals surface area contributed by atoms with Crippen LogP contribution >= 0.6 is 0 Å². The van der Waals surface area contributed by atoms with Crippen LogP contribution in [0, 0.1) is 0 Å². The lowest BCUT2D eigenvalue weighted by Crippen LogP contribution is -2.31. The van der Waals surface area contributed by atoms with Gasteiger partial charge in [0.05, 0.1) is 33.0 Å². The largest absolute Gasteiger partial charge is 0.480 e. The number of carbonyl (C=O) groups is 2. The number of carbonyl (C=O) groups excluding carboxylic acids is 1. The summed E-state index contributed by atoms with van der Waals surface area (Å²) in [6.07, 6.45) is 7.56. The van der Waals surface area contributed by atoms with Gasteiger partial charge >= 0.3 is 5.97 Å². The van der Waals surface area contributed by atoms with E-state index in [0.29, 0.717) is 39.6 Å². The number of carboxylic acid groups (broad SMARTS) is 1. The number of hydrogen-bond acceptors (Lipinski definition) is 6. The Hall–Kier alpha value is -1.22. The minimum absolute atomic E-state index is 0.270. The zero-order valence-electron chi connectivity index (χ0n) is 16.0. The normalized spacial score (nSPS) is 10.8. The standard InChI is InChI=1S/C18H35NO7/c1-2-3-4-5-6-7-9-23-11-13-25-14-12-24-10-8-19-17(20)15-26-16-18(21)22/h2-16H2,1H3,(H,19,20)(H,21,22). The number of carboxylic acids is 1. The van der Waals surface area contributed by atoms with Gasteiger partial charge in [-0.15, -0.1) is 0 Å². The number of hydrogen-bond donors (Lipinski definition) is 2. The maximum absolute atomic E-state index is 11.2. The van der Waals surface area contributed by atoms with E-state index in [2.05, 4.69) is 17.0 Å². The third-order valence-electron chi connectivity index (χ3n) is 3.41. The SMILES string of the molecule is CCCCCCCCOCCOCCOCCNC(=O)COCC(=O)O. The van der Waals surface area contributed by atoms with Gasteiger partial charge in [-0.3, -0.25) is 4.79 Å².